The highest BCUT2D eigenvalue weighted by molar-refractivity contribution is 5.79. The van der Waals surface area contributed by atoms with E-state index in [4.69, 9.17) is 9.47 Å². The molecular weight excluding hydrogens is 352 g/mol. The molecule has 0 amide bonds. The van der Waals surface area contributed by atoms with E-state index in [1.807, 2.05) is 25.1 Å². The van der Waals surface area contributed by atoms with E-state index in [-0.39, 0.29) is 6.04 Å². The molecular formula is C23H30N2O3. The van der Waals surface area contributed by atoms with Gasteiger partial charge in [0.1, 0.15) is 17.8 Å². The van der Waals surface area contributed by atoms with E-state index in [9.17, 15) is 4.79 Å². The van der Waals surface area contributed by atoms with Crippen LogP contribution in [0.1, 0.15) is 40.0 Å². The third-order valence-corrected chi connectivity index (χ3v) is 5.80. The summed E-state index contributed by atoms with van der Waals surface area (Å²) in [5, 5.41) is 0. The molecule has 0 N–H and O–H groups in total. The number of anilines is 1. The standard InChI is InChI=1S/C23H30N2O3/c1-16-13-22(17(2)12-19(16)15-26)25-10-8-24(9-11-25)18(3)21-7-6-20(27-4)14-23(21)28-5/h6-7,12-15,18H,8-11H2,1-5H3. The van der Waals surface area contributed by atoms with Gasteiger partial charge in [0.2, 0.25) is 0 Å². The zero-order chi connectivity index (χ0) is 20.3. The van der Waals surface area contributed by atoms with Crippen LogP contribution in [0.25, 0.3) is 0 Å². The van der Waals surface area contributed by atoms with Gasteiger partial charge in [-0.2, -0.15) is 0 Å². The van der Waals surface area contributed by atoms with Crippen molar-refractivity contribution in [3.8, 4) is 11.5 Å². The van der Waals surface area contributed by atoms with Crippen LogP contribution in [0.15, 0.2) is 30.3 Å². The van der Waals surface area contributed by atoms with E-state index in [0.717, 1.165) is 60.7 Å². The van der Waals surface area contributed by atoms with E-state index < -0.39 is 0 Å². The lowest BCUT2D eigenvalue weighted by Crippen LogP contribution is -2.47. The van der Waals surface area contributed by atoms with Crippen LogP contribution in [0.2, 0.25) is 0 Å². The first-order valence-corrected chi connectivity index (χ1v) is 9.75. The van der Waals surface area contributed by atoms with Gasteiger partial charge in [-0.25, -0.2) is 0 Å². The first kappa shape index (κ1) is 20.2. The predicted molar refractivity (Wildman–Crippen MR) is 113 cm³/mol. The molecule has 2 aromatic rings. The number of nitrogens with zero attached hydrogens (tertiary/aromatic N) is 2. The van der Waals surface area contributed by atoms with Gasteiger partial charge in [0.15, 0.2) is 0 Å². The van der Waals surface area contributed by atoms with E-state index >= 15 is 0 Å². The monoisotopic (exact) mass is 382 g/mol. The molecule has 5 heteroatoms. The highest BCUT2D eigenvalue weighted by atomic mass is 16.5. The fraction of sp³-hybridized carbons (Fsp3) is 0.435. The first-order valence-electron chi connectivity index (χ1n) is 9.75. The van der Waals surface area contributed by atoms with Crippen LogP contribution in [-0.4, -0.2) is 51.6 Å². The van der Waals surface area contributed by atoms with Crippen molar-refractivity contribution >= 4 is 12.0 Å². The van der Waals surface area contributed by atoms with Crippen molar-refractivity contribution < 1.29 is 14.3 Å². The van der Waals surface area contributed by atoms with Crippen LogP contribution >= 0.6 is 0 Å². The Morgan fingerprint density at radius 2 is 1.68 bits per heavy atom. The summed E-state index contributed by atoms with van der Waals surface area (Å²) in [6, 6.07) is 10.4. The largest absolute Gasteiger partial charge is 0.497 e. The van der Waals surface area contributed by atoms with Crippen LogP contribution in [0.5, 0.6) is 11.5 Å². The Labute approximate surface area is 167 Å². The number of aldehydes is 1. The zero-order valence-electron chi connectivity index (χ0n) is 17.5. The molecule has 3 rings (SSSR count). The molecule has 1 atom stereocenters. The van der Waals surface area contributed by atoms with Crippen LogP contribution in [0.4, 0.5) is 5.69 Å². The van der Waals surface area contributed by atoms with Gasteiger partial charge in [0.25, 0.3) is 0 Å². The fourth-order valence-electron chi connectivity index (χ4n) is 4.00. The lowest BCUT2D eigenvalue weighted by atomic mass is 10.0. The summed E-state index contributed by atoms with van der Waals surface area (Å²) >= 11 is 0. The molecule has 0 bridgehead atoms. The molecule has 1 unspecified atom stereocenters. The second-order valence-corrected chi connectivity index (χ2v) is 7.42. The molecule has 1 aliphatic heterocycles. The van der Waals surface area contributed by atoms with E-state index in [1.54, 1.807) is 14.2 Å². The van der Waals surface area contributed by atoms with Crippen molar-refractivity contribution in [3.63, 3.8) is 0 Å². The summed E-state index contributed by atoms with van der Waals surface area (Å²) in [4.78, 5) is 16.1. The molecule has 0 spiro atoms. The molecule has 2 aromatic carbocycles. The molecule has 0 radical (unpaired) electrons. The van der Waals surface area contributed by atoms with Crippen LogP contribution in [-0.2, 0) is 0 Å². The summed E-state index contributed by atoms with van der Waals surface area (Å²) in [6.07, 6.45) is 0.938. The van der Waals surface area contributed by atoms with Gasteiger partial charge >= 0.3 is 0 Å². The summed E-state index contributed by atoms with van der Waals surface area (Å²) in [7, 11) is 3.37. The average Bonchev–Trinajstić information content (AvgIpc) is 2.74. The van der Waals surface area contributed by atoms with Crippen molar-refractivity contribution in [2.75, 3.05) is 45.3 Å². The SMILES string of the molecule is COc1ccc(C(C)N2CCN(c3cc(C)c(C=O)cc3C)CC2)c(OC)c1. The van der Waals surface area contributed by atoms with E-state index in [2.05, 4.69) is 35.8 Å². The Balaban J connectivity index is 1.72. The summed E-state index contributed by atoms with van der Waals surface area (Å²) in [5.74, 6) is 1.67. The maximum Gasteiger partial charge on any atom is 0.150 e. The minimum atomic E-state index is 0.267. The number of ether oxygens (including phenoxy) is 2. The number of piperazine rings is 1. The van der Waals surface area contributed by atoms with Gasteiger partial charge in [0, 0.05) is 55.1 Å². The third-order valence-electron chi connectivity index (χ3n) is 5.80. The van der Waals surface area contributed by atoms with E-state index in [1.165, 1.54) is 11.3 Å². The van der Waals surface area contributed by atoms with Crippen molar-refractivity contribution in [1.29, 1.82) is 0 Å². The zero-order valence-corrected chi connectivity index (χ0v) is 17.5. The molecule has 0 aliphatic carbocycles. The predicted octanol–water partition coefficient (Wildman–Crippen LogP) is 4.02. The molecule has 150 valence electrons. The summed E-state index contributed by atoms with van der Waals surface area (Å²) in [6.45, 7) is 10.2. The fourth-order valence-corrected chi connectivity index (χ4v) is 4.00. The maximum absolute atomic E-state index is 11.2. The maximum atomic E-state index is 11.2. The lowest BCUT2D eigenvalue weighted by Gasteiger charge is -2.40. The van der Waals surface area contributed by atoms with E-state index in [0.29, 0.717) is 0 Å². The molecule has 0 saturated carbocycles. The number of benzene rings is 2. The highest BCUT2D eigenvalue weighted by Gasteiger charge is 2.25. The van der Waals surface area contributed by atoms with Crippen molar-refractivity contribution in [2.45, 2.75) is 26.8 Å². The minimum Gasteiger partial charge on any atom is -0.497 e. The number of methoxy groups -OCH3 is 2. The Hall–Kier alpha value is -2.53. The molecule has 1 heterocycles. The van der Waals surface area contributed by atoms with Crippen LogP contribution in [0.3, 0.4) is 0 Å². The summed E-state index contributed by atoms with van der Waals surface area (Å²) in [5.41, 5.74) is 5.39. The average molecular weight is 383 g/mol. The van der Waals surface area contributed by atoms with Crippen molar-refractivity contribution in [3.05, 3.63) is 52.6 Å². The smallest absolute Gasteiger partial charge is 0.150 e. The Bertz CT molecular complexity index is 842. The highest BCUT2D eigenvalue weighted by Crippen LogP contribution is 2.33. The van der Waals surface area contributed by atoms with Crippen LogP contribution < -0.4 is 14.4 Å². The number of rotatable bonds is 6. The molecule has 1 saturated heterocycles. The molecule has 0 aromatic heterocycles. The number of carbonyl (C=O) groups excluding carboxylic acids is 1. The molecule has 5 nitrogen and oxygen atoms in total. The van der Waals surface area contributed by atoms with Gasteiger partial charge in [-0.3, -0.25) is 9.69 Å². The Kier molecular flexibility index (Phi) is 6.25. The first-order chi connectivity index (χ1) is 13.5. The quantitative estimate of drug-likeness (QED) is 0.706. The van der Waals surface area contributed by atoms with Gasteiger partial charge < -0.3 is 14.4 Å². The summed E-state index contributed by atoms with van der Waals surface area (Å²) < 4.78 is 10.9. The Morgan fingerprint density at radius 3 is 2.29 bits per heavy atom. The molecule has 1 fully saturated rings. The van der Waals surface area contributed by atoms with Crippen LogP contribution in [0, 0.1) is 13.8 Å². The van der Waals surface area contributed by atoms with Gasteiger partial charge in [0.05, 0.1) is 14.2 Å². The normalized spacial score (nSPS) is 16.0. The van der Waals surface area contributed by atoms with Crippen molar-refractivity contribution in [2.24, 2.45) is 0 Å². The number of aryl methyl sites for hydroxylation is 2. The third kappa shape index (κ3) is 3.99. The second kappa shape index (κ2) is 8.65. The minimum absolute atomic E-state index is 0.267. The van der Waals surface area contributed by atoms with Gasteiger partial charge in [-0.15, -0.1) is 0 Å². The molecule has 1 aliphatic rings. The van der Waals surface area contributed by atoms with Gasteiger partial charge in [-0.05, 0) is 50.1 Å². The molecule has 28 heavy (non-hydrogen) atoms. The number of hydrogen-bond acceptors (Lipinski definition) is 5. The topological polar surface area (TPSA) is 42.0 Å². The van der Waals surface area contributed by atoms with Crippen molar-refractivity contribution in [1.82, 2.24) is 4.90 Å². The number of hydrogen-bond donors (Lipinski definition) is 0. The lowest BCUT2D eigenvalue weighted by molar-refractivity contribution is 0.112. The number of carbonyl (C=O) groups is 1. The Morgan fingerprint density at radius 1 is 0.964 bits per heavy atom. The van der Waals surface area contributed by atoms with Gasteiger partial charge in [-0.1, -0.05) is 6.07 Å². The second-order valence-electron chi connectivity index (χ2n) is 7.42.